The molecule has 2 rings (SSSR count). The highest BCUT2D eigenvalue weighted by Gasteiger charge is 2.09. The first-order valence-corrected chi connectivity index (χ1v) is 7.29. The Labute approximate surface area is 125 Å². The molecule has 0 fully saturated rings. The van der Waals surface area contributed by atoms with Gasteiger partial charge in [-0.1, -0.05) is 0 Å². The highest BCUT2D eigenvalue weighted by molar-refractivity contribution is 5.40. The largest absolute Gasteiger partial charge is 0.358 e. The van der Waals surface area contributed by atoms with E-state index in [0.717, 1.165) is 31.9 Å². The van der Waals surface area contributed by atoms with E-state index >= 15 is 0 Å². The van der Waals surface area contributed by atoms with E-state index < -0.39 is 0 Å². The van der Waals surface area contributed by atoms with E-state index in [9.17, 15) is 0 Å². The van der Waals surface area contributed by atoms with Crippen LogP contribution in [-0.2, 0) is 6.42 Å². The summed E-state index contributed by atoms with van der Waals surface area (Å²) in [6.45, 7) is 6.81. The van der Waals surface area contributed by atoms with Crippen molar-refractivity contribution >= 4 is 11.8 Å². The third kappa shape index (κ3) is 4.11. The molecule has 0 aromatic carbocycles. The molecule has 21 heavy (non-hydrogen) atoms. The number of pyridine rings is 1. The lowest BCUT2D eigenvalue weighted by Crippen LogP contribution is -2.27. The molecule has 112 valence electrons. The third-order valence-corrected chi connectivity index (χ3v) is 3.46. The monoisotopic (exact) mass is 286 g/mol. The van der Waals surface area contributed by atoms with Crippen LogP contribution in [0.4, 0.5) is 11.8 Å². The predicted octanol–water partition coefficient (Wildman–Crippen LogP) is 1.79. The summed E-state index contributed by atoms with van der Waals surface area (Å²) in [5, 5.41) is 8.18. The Morgan fingerprint density at radius 3 is 2.48 bits per heavy atom. The van der Waals surface area contributed by atoms with Gasteiger partial charge in [0, 0.05) is 39.1 Å². The van der Waals surface area contributed by atoms with Crippen LogP contribution >= 0.6 is 0 Å². The predicted molar refractivity (Wildman–Crippen MR) is 84.6 cm³/mol. The van der Waals surface area contributed by atoms with Gasteiger partial charge in [-0.05, 0) is 38.0 Å². The Hall–Kier alpha value is -2.24. The maximum atomic E-state index is 4.59. The van der Waals surface area contributed by atoms with Gasteiger partial charge in [0.25, 0.3) is 0 Å². The van der Waals surface area contributed by atoms with Gasteiger partial charge in [0.05, 0.1) is 6.20 Å². The number of nitrogens with zero attached hydrogens (tertiary/aromatic N) is 6. The Morgan fingerprint density at radius 2 is 1.81 bits per heavy atom. The summed E-state index contributed by atoms with van der Waals surface area (Å²) in [4.78, 5) is 12.8. The number of hydrogen-bond donors (Lipinski definition) is 0. The average Bonchev–Trinajstić information content (AvgIpc) is 2.55. The number of aromatic nitrogens is 4. The highest BCUT2D eigenvalue weighted by atomic mass is 15.3. The van der Waals surface area contributed by atoms with Gasteiger partial charge in [0.2, 0.25) is 5.95 Å². The van der Waals surface area contributed by atoms with Crippen molar-refractivity contribution in [2.24, 2.45) is 0 Å². The standard InChI is InChI=1S/C15H22N6/c1-4-21(5-2)15-18-14(12-17-19-15)20(3)11-8-13-6-9-16-10-7-13/h6-7,9-10,12H,4-5,8,11H2,1-3H3. The first kappa shape index (κ1) is 15.2. The van der Waals surface area contributed by atoms with Gasteiger partial charge in [0.15, 0.2) is 5.82 Å². The van der Waals surface area contributed by atoms with Crippen LogP contribution in [0.2, 0.25) is 0 Å². The molecule has 0 amide bonds. The van der Waals surface area contributed by atoms with Gasteiger partial charge in [-0.25, -0.2) is 0 Å². The van der Waals surface area contributed by atoms with Crippen molar-refractivity contribution in [2.75, 3.05) is 36.5 Å². The number of anilines is 2. The summed E-state index contributed by atoms with van der Waals surface area (Å²) < 4.78 is 0. The van der Waals surface area contributed by atoms with Crippen molar-refractivity contribution in [2.45, 2.75) is 20.3 Å². The second-order valence-corrected chi connectivity index (χ2v) is 4.81. The van der Waals surface area contributed by atoms with E-state index in [1.807, 2.05) is 31.6 Å². The molecule has 6 heteroatoms. The molecular weight excluding hydrogens is 264 g/mol. The summed E-state index contributed by atoms with van der Waals surface area (Å²) in [5.74, 6) is 1.54. The zero-order valence-corrected chi connectivity index (χ0v) is 12.9. The van der Waals surface area contributed by atoms with Crippen molar-refractivity contribution in [3.8, 4) is 0 Å². The van der Waals surface area contributed by atoms with Crippen molar-refractivity contribution in [1.82, 2.24) is 20.2 Å². The molecule has 0 saturated carbocycles. The van der Waals surface area contributed by atoms with Gasteiger partial charge in [0.1, 0.15) is 0 Å². The SMILES string of the molecule is CCN(CC)c1nncc(N(C)CCc2ccncc2)n1. The molecule has 2 aromatic rings. The zero-order valence-electron chi connectivity index (χ0n) is 12.9. The third-order valence-electron chi connectivity index (χ3n) is 3.46. The van der Waals surface area contributed by atoms with Crippen LogP contribution in [0.5, 0.6) is 0 Å². The maximum Gasteiger partial charge on any atom is 0.247 e. The van der Waals surface area contributed by atoms with Crippen LogP contribution in [0.3, 0.4) is 0 Å². The molecule has 2 aromatic heterocycles. The number of rotatable bonds is 7. The fourth-order valence-electron chi connectivity index (χ4n) is 2.07. The van der Waals surface area contributed by atoms with Crippen LogP contribution in [0.15, 0.2) is 30.7 Å². The average molecular weight is 286 g/mol. The lowest BCUT2D eigenvalue weighted by atomic mass is 10.2. The minimum Gasteiger partial charge on any atom is -0.358 e. The van der Waals surface area contributed by atoms with Gasteiger partial charge < -0.3 is 9.80 Å². The van der Waals surface area contributed by atoms with E-state index in [1.54, 1.807) is 6.20 Å². The molecule has 0 saturated heterocycles. The fraction of sp³-hybridized carbons (Fsp3) is 0.467. The molecule has 0 aliphatic heterocycles. The Balaban J connectivity index is 2.02. The van der Waals surface area contributed by atoms with Crippen LogP contribution in [0, 0.1) is 0 Å². The lowest BCUT2D eigenvalue weighted by Gasteiger charge is -2.21. The summed E-state index contributed by atoms with van der Waals surface area (Å²) in [5.41, 5.74) is 1.27. The van der Waals surface area contributed by atoms with Gasteiger partial charge in [-0.2, -0.15) is 10.1 Å². The first-order chi connectivity index (χ1) is 10.2. The summed E-state index contributed by atoms with van der Waals surface area (Å²) in [7, 11) is 2.03. The van der Waals surface area contributed by atoms with Gasteiger partial charge in [-0.3, -0.25) is 4.98 Å². The molecule has 0 N–H and O–H groups in total. The lowest BCUT2D eigenvalue weighted by molar-refractivity contribution is 0.777. The molecule has 0 unspecified atom stereocenters. The molecule has 2 heterocycles. The highest BCUT2D eigenvalue weighted by Crippen LogP contribution is 2.12. The molecule has 0 bridgehead atoms. The quantitative estimate of drug-likeness (QED) is 0.773. The molecule has 0 aliphatic rings. The topological polar surface area (TPSA) is 58.0 Å². The Morgan fingerprint density at radius 1 is 1.10 bits per heavy atom. The normalized spacial score (nSPS) is 10.4. The Bertz CT molecular complexity index is 541. The molecule has 0 spiro atoms. The number of hydrogen-bond acceptors (Lipinski definition) is 6. The van der Waals surface area contributed by atoms with Crippen molar-refractivity contribution in [1.29, 1.82) is 0 Å². The van der Waals surface area contributed by atoms with Crippen LogP contribution in [0.1, 0.15) is 19.4 Å². The van der Waals surface area contributed by atoms with E-state index in [2.05, 4.69) is 43.8 Å². The van der Waals surface area contributed by atoms with E-state index in [-0.39, 0.29) is 0 Å². The van der Waals surface area contributed by atoms with Crippen molar-refractivity contribution in [3.63, 3.8) is 0 Å². The smallest absolute Gasteiger partial charge is 0.247 e. The summed E-state index contributed by atoms with van der Waals surface area (Å²) >= 11 is 0. The van der Waals surface area contributed by atoms with Crippen LogP contribution in [-0.4, -0.2) is 46.8 Å². The van der Waals surface area contributed by atoms with Crippen LogP contribution < -0.4 is 9.80 Å². The molecular formula is C15H22N6. The first-order valence-electron chi connectivity index (χ1n) is 7.29. The maximum absolute atomic E-state index is 4.59. The summed E-state index contributed by atoms with van der Waals surface area (Å²) in [6, 6.07) is 4.07. The zero-order chi connectivity index (χ0) is 15.1. The molecule has 6 nitrogen and oxygen atoms in total. The second-order valence-electron chi connectivity index (χ2n) is 4.81. The Kier molecular flexibility index (Phi) is 5.43. The van der Waals surface area contributed by atoms with Gasteiger partial charge in [-0.15, -0.1) is 5.10 Å². The van der Waals surface area contributed by atoms with Crippen LogP contribution in [0.25, 0.3) is 0 Å². The molecule has 0 aliphatic carbocycles. The fourth-order valence-corrected chi connectivity index (χ4v) is 2.07. The molecule has 0 radical (unpaired) electrons. The van der Waals surface area contributed by atoms with E-state index in [1.165, 1.54) is 5.56 Å². The minimum atomic E-state index is 0.688. The van der Waals surface area contributed by atoms with Gasteiger partial charge >= 0.3 is 0 Å². The van der Waals surface area contributed by atoms with Crippen molar-refractivity contribution in [3.05, 3.63) is 36.3 Å². The van der Waals surface area contributed by atoms with E-state index in [0.29, 0.717) is 5.95 Å². The summed E-state index contributed by atoms with van der Waals surface area (Å²) in [6.07, 6.45) is 6.29. The molecule has 0 atom stereocenters. The number of likely N-dealkylation sites (N-methyl/N-ethyl adjacent to an activating group) is 1. The minimum absolute atomic E-state index is 0.688. The van der Waals surface area contributed by atoms with Crippen molar-refractivity contribution < 1.29 is 0 Å². The second kappa shape index (κ2) is 7.52. The van der Waals surface area contributed by atoms with E-state index in [4.69, 9.17) is 0 Å².